The molecule has 1 aromatic heterocycles. The Kier molecular flexibility index (Phi) is 2.64. The predicted molar refractivity (Wildman–Crippen MR) is 62.5 cm³/mol. The SMILES string of the molecule is CCc1c(N)n[nH]c1-c1cccc(C)c1F. The van der Waals surface area contributed by atoms with Gasteiger partial charge >= 0.3 is 0 Å². The molecule has 0 aliphatic carbocycles. The number of nitrogens with two attached hydrogens (primary N) is 1. The molecule has 1 aromatic carbocycles. The second-order valence-corrected chi connectivity index (χ2v) is 3.75. The maximum absolute atomic E-state index is 13.9. The number of benzene rings is 1. The Morgan fingerprint density at radius 3 is 2.88 bits per heavy atom. The van der Waals surface area contributed by atoms with Gasteiger partial charge in [0.05, 0.1) is 5.69 Å². The molecule has 0 aliphatic rings. The molecule has 16 heavy (non-hydrogen) atoms. The number of aromatic nitrogens is 2. The summed E-state index contributed by atoms with van der Waals surface area (Å²) in [6.45, 7) is 3.71. The summed E-state index contributed by atoms with van der Waals surface area (Å²) in [5.41, 5.74) is 8.41. The first-order chi connectivity index (χ1) is 7.65. The lowest BCUT2D eigenvalue weighted by atomic mass is 10.0. The van der Waals surface area contributed by atoms with E-state index in [1.165, 1.54) is 0 Å². The Labute approximate surface area is 93.5 Å². The lowest BCUT2D eigenvalue weighted by Gasteiger charge is -2.05. The molecule has 2 rings (SSSR count). The van der Waals surface area contributed by atoms with Crippen molar-refractivity contribution in [3.8, 4) is 11.3 Å². The Bertz CT molecular complexity index is 517. The van der Waals surface area contributed by atoms with Crippen LogP contribution in [0, 0.1) is 12.7 Å². The first-order valence-corrected chi connectivity index (χ1v) is 5.23. The molecule has 0 aliphatic heterocycles. The van der Waals surface area contributed by atoms with E-state index in [2.05, 4.69) is 10.2 Å². The van der Waals surface area contributed by atoms with Gasteiger partial charge in [0.25, 0.3) is 0 Å². The van der Waals surface area contributed by atoms with E-state index in [4.69, 9.17) is 5.73 Å². The number of nitrogens with one attached hydrogen (secondary N) is 1. The van der Waals surface area contributed by atoms with Gasteiger partial charge in [-0.1, -0.05) is 19.1 Å². The molecule has 1 heterocycles. The lowest BCUT2D eigenvalue weighted by molar-refractivity contribution is 0.621. The van der Waals surface area contributed by atoms with Gasteiger partial charge in [0, 0.05) is 11.1 Å². The van der Waals surface area contributed by atoms with Crippen molar-refractivity contribution < 1.29 is 4.39 Å². The number of hydrogen-bond donors (Lipinski definition) is 2. The molecular formula is C12H14FN3. The van der Waals surface area contributed by atoms with E-state index in [1.54, 1.807) is 19.1 Å². The van der Waals surface area contributed by atoms with Gasteiger partial charge in [-0.25, -0.2) is 4.39 Å². The number of rotatable bonds is 2. The van der Waals surface area contributed by atoms with Crippen molar-refractivity contribution in [2.24, 2.45) is 0 Å². The summed E-state index contributed by atoms with van der Waals surface area (Å²) < 4.78 is 13.9. The first kappa shape index (κ1) is 10.7. The van der Waals surface area contributed by atoms with Gasteiger partial charge in [0.1, 0.15) is 11.6 Å². The van der Waals surface area contributed by atoms with Crippen LogP contribution in [0.15, 0.2) is 18.2 Å². The molecule has 4 heteroatoms. The highest BCUT2D eigenvalue weighted by atomic mass is 19.1. The molecule has 2 aromatic rings. The molecule has 0 saturated carbocycles. The monoisotopic (exact) mass is 219 g/mol. The summed E-state index contributed by atoms with van der Waals surface area (Å²) in [4.78, 5) is 0. The number of aromatic amines is 1. The smallest absolute Gasteiger partial charge is 0.149 e. The summed E-state index contributed by atoms with van der Waals surface area (Å²) in [7, 11) is 0. The van der Waals surface area contributed by atoms with Crippen LogP contribution in [0.5, 0.6) is 0 Å². The molecule has 0 bridgehead atoms. The van der Waals surface area contributed by atoms with E-state index in [1.807, 2.05) is 13.0 Å². The molecule has 0 unspecified atom stereocenters. The zero-order chi connectivity index (χ0) is 11.7. The number of nitrogens with zero attached hydrogens (tertiary/aromatic N) is 1. The zero-order valence-corrected chi connectivity index (χ0v) is 9.34. The van der Waals surface area contributed by atoms with Crippen LogP contribution in [0.2, 0.25) is 0 Å². The van der Waals surface area contributed by atoms with E-state index >= 15 is 0 Å². The molecule has 0 radical (unpaired) electrons. The first-order valence-electron chi connectivity index (χ1n) is 5.23. The number of halogens is 1. The summed E-state index contributed by atoms with van der Waals surface area (Å²) in [6.07, 6.45) is 0.727. The number of anilines is 1. The van der Waals surface area contributed by atoms with Crippen LogP contribution in [0.4, 0.5) is 10.2 Å². The quantitative estimate of drug-likeness (QED) is 0.815. The highest BCUT2D eigenvalue weighted by Gasteiger charge is 2.15. The van der Waals surface area contributed by atoms with Gasteiger partial charge in [-0.3, -0.25) is 5.10 Å². The summed E-state index contributed by atoms with van der Waals surface area (Å²) in [5, 5.41) is 6.71. The average molecular weight is 219 g/mol. The summed E-state index contributed by atoms with van der Waals surface area (Å²) in [6, 6.07) is 5.29. The van der Waals surface area contributed by atoms with E-state index < -0.39 is 0 Å². The molecule has 84 valence electrons. The predicted octanol–water partition coefficient (Wildman–Crippen LogP) is 2.67. The van der Waals surface area contributed by atoms with Crippen LogP contribution in [0.3, 0.4) is 0 Å². The van der Waals surface area contributed by atoms with Crippen molar-refractivity contribution >= 4 is 5.82 Å². The Morgan fingerprint density at radius 2 is 2.19 bits per heavy atom. The third-order valence-electron chi connectivity index (χ3n) is 2.71. The van der Waals surface area contributed by atoms with Gasteiger partial charge in [0.2, 0.25) is 0 Å². The normalized spacial score (nSPS) is 10.7. The van der Waals surface area contributed by atoms with E-state index in [9.17, 15) is 4.39 Å². The van der Waals surface area contributed by atoms with Crippen molar-refractivity contribution in [2.75, 3.05) is 5.73 Å². The molecule has 3 N–H and O–H groups in total. The van der Waals surface area contributed by atoms with E-state index in [0.717, 1.165) is 12.0 Å². The Morgan fingerprint density at radius 1 is 1.44 bits per heavy atom. The van der Waals surface area contributed by atoms with Gasteiger partial charge in [-0.15, -0.1) is 0 Å². The van der Waals surface area contributed by atoms with Crippen LogP contribution in [-0.2, 0) is 6.42 Å². The second kappa shape index (κ2) is 3.96. The minimum Gasteiger partial charge on any atom is -0.382 e. The third kappa shape index (κ3) is 1.56. The van der Waals surface area contributed by atoms with Gasteiger partial charge in [0.15, 0.2) is 0 Å². The van der Waals surface area contributed by atoms with Crippen molar-refractivity contribution in [1.29, 1.82) is 0 Å². The van der Waals surface area contributed by atoms with Crippen molar-refractivity contribution in [2.45, 2.75) is 20.3 Å². The van der Waals surface area contributed by atoms with Crippen LogP contribution in [0.25, 0.3) is 11.3 Å². The van der Waals surface area contributed by atoms with Crippen molar-refractivity contribution in [1.82, 2.24) is 10.2 Å². The molecule has 0 fully saturated rings. The van der Waals surface area contributed by atoms with Crippen molar-refractivity contribution in [3.05, 3.63) is 35.1 Å². The molecule has 0 spiro atoms. The minimum atomic E-state index is -0.221. The topological polar surface area (TPSA) is 54.7 Å². The van der Waals surface area contributed by atoms with Gasteiger partial charge in [-0.2, -0.15) is 5.10 Å². The minimum absolute atomic E-state index is 0.221. The van der Waals surface area contributed by atoms with Gasteiger partial charge < -0.3 is 5.73 Å². The van der Waals surface area contributed by atoms with E-state index in [-0.39, 0.29) is 5.82 Å². The molecular weight excluding hydrogens is 205 g/mol. The van der Waals surface area contributed by atoms with Gasteiger partial charge in [-0.05, 0) is 25.0 Å². The highest BCUT2D eigenvalue weighted by molar-refractivity contribution is 5.69. The lowest BCUT2D eigenvalue weighted by Crippen LogP contribution is -1.93. The highest BCUT2D eigenvalue weighted by Crippen LogP contribution is 2.28. The Balaban J connectivity index is 2.63. The number of nitrogen functional groups attached to an aromatic ring is 1. The number of aryl methyl sites for hydroxylation is 1. The van der Waals surface area contributed by atoms with Crippen LogP contribution in [0.1, 0.15) is 18.1 Å². The largest absolute Gasteiger partial charge is 0.382 e. The number of hydrogen-bond acceptors (Lipinski definition) is 2. The standard InChI is InChI=1S/C12H14FN3/c1-3-8-11(15-16-12(8)14)9-6-4-5-7(2)10(9)13/h4-6H,3H2,1-2H3,(H3,14,15,16). The fraction of sp³-hybridized carbons (Fsp3) is 0.250. The van der Waals surface area contributed by atoms with Crippen LogP contribution < -0.4 is 5.73 Å². The molecule has 0 atom stereocenters. The van der Waals surface area contributed by atoms with E-state index in [0.29, 0.717) is 22.6 Å². The average Bonchev–Trinajstić information content (AvgIpc) is 2.63. The third-order valence-corrected chi connectivity index (χ3v) is 2.71. The summed E-state index contributed by atoms with van der Waals surface area (Å²) in [5.74, 6) is 0.222. The molecule has 3 nitrogen and oxygen atoms in total. The van der Waals surface area contributed by atoms with Crippen LogP contribution in [-0.4, -0.2) is 10.2 Å². The fourth-order valence-electron chi connectivity index (χ4n) is 1.80. The summed E-state index contributed by atoms with van der Waals surface area (Å²) >= 11 is 0. The zero-order valence-electron chi connectivity index (χ0n) is 9.34. The molecule has 0 saturated heterocycles. The maximum Gasteiger partial charge on any atom is 0.149 e. The number of H-pyrrole nitrogens is 1. The Hall–Kier alpha value is -1.84. The van der Waals surface area contributed by atoms with Crippen molar-refractivity contribution in [3.63, 3.8) is 0 Å². The fourth-order valence-corrected chi connectivity index (χ4v) is 1.80. The second-order valence-electron chi connectivity index (χ2n) is 3.75. The van der Waals surface area contributed by atoms with Crippen LogP contribution >= 0.6 is 0 Å². The molecule has 0 amide bonds. The maximum atomic E-state index is 13.9.